The molecule has 0 spiro atoms. The Balaban J connectivity index is 2.51. The average molecular weight is 281 g/mol. The van der Waals surface area contributed by atoms with Crippen molar-refractivity contribution in [3.63, 3.8) is 0 Å². The van der Waals surface area contributed by atoms with Gasteiger partial charge in [0.1, 0.15) is 12.1 Å². The Kier molecular flexibility index (Phi) is 6.92. The Bertz CT molecular complexity index is 367. The molecule has 1 aliphatic carbocycles. The molecule has 1 amide bonds. The van der Waals surface area contributed by atoms with E-state index in [1.165, 1.54) is 0 Å². The van der Waals surface area contributed by atoms with Crippen LogP contribution in [0.25, 0.3) is 0 Å². The number of hydrogen-bond acceptors (Lipinski definition) is 4. The predicted octanol–water partition coefficient (Wildman–Crippen LogP) is 2.39. The molecule has 0 aromatic heterocycles. The van der Waals surface area contributed by atoms with E-state index in [4.69, 9.17) is 15.9 Å². The first-order valence-electron chi connectivity index (χ1n) is 7.20. The van der Waals surface area contributed by atoms with E-state index in [9.17, 15) is 9.59 Å². The summed E-state index contributed by atoms with van der Waals surface area (Å²) in [4.78, 5) is 23.9. The fraction of sp³-hybridized carbons (Fsp3) is 0.733. The zero-order chi connectivity index (χ0) is 14.8. The maximum atomic E-state index is 12.2. The van der Waals surface area contributed by atoms with Gasteiger partial charge in [-0.15, -0.1) is 12.3 Å². The molecule has 0 aromatic rings. The third-order valence-electron chi connectivity index (χ3n) is 3.40. The van der Waals surface area contributed by atoms with Gasteiger partial charge in [0.05, 0.1) is 6.61 Å². The summed E-state index contributed by atoms with van der Waals surface area (Å²) in [6.45, 7) is 2.58. The van der Waals surface area contributed by atoms with Crippen LogP contribution in [-0.2, 0) is 14.3 Å². The largest absolute Gasteiger partial charge is 0.464 e. The number of terminal acetylenes is 1. The quantitative estimate of drug-likeness (QED) is 0.442. The van der Waals surface area contributed by atoms with Crippen LogP contribution in [0, 0.1) is 12.3 Å². The lowest BCUT2D eigenvalue weighted by Gasteiger charge is -2.27. The maximum Gasteiger partial charge on any atom is 0.408 e. The van der Waals surface area contributed by atoms with E-state index >= 15 is 0 Å². The molecule has 20 heavy (non-hydrogen) atoms. The molecule has 0 atom stereocenters. The first kappa shape index (κ1) is 16.4. The molecule has 0 unspecified atom stereocenters. The van der Waals surface area contributed by atoms with Gasteiger partial charge in [-0.1, -0.05) is 26.2 Å². The van der Waals surface area contributed by atoms with Crippen LogP contribution < -0.4 is 5.32 Å². The lowest BCUT2D eigenvalue weighted by Crippen LogP contribution is -2.53. The summed E-state index contributed by atoms with van der Waals surface area (Å²) in [5.74, 6) is 2.04. The number of carbonyl (C=O) groups excluding carboxylic acids is 2. The van der Waals surface area contributed by atoms with Crippen LogP contribution in [0.5, 0.6) is 0 Å². The monoisotopic (exact) mass is 281 g/mol. The Morgan fingerprint density at radius 3 is 2.55 bits per heavy atom. The number of nitrogens with one attached hydrogen (secondary N) is 1. The molecule has 1 aliphatic rings. The van der Waals surface area contributed by atoms with Gasteiger partial charge in [0.2, 0.25) is 0 Å². The second-order valence-corrected chi connectivity index (χ2v) is 4.99. The second kappa shape index (κ2) is 8.47. The van der Waals surface area contributed by atoms with Crippen LogP contribution in [0.15, 0.2) is 0 Å². The van der Waals surface area contributed by atoms with E-state index in [1.807, 2.05) is 6.92 Å². The molecule has 0 aromatic carbocycles. The molecule has 1 saturated carbocycles. The molecule has 0 saturated heterocycles. The molecule has 0 radical (unpaired) electrons. The van der Waals surface area contributed by atoms with Gasteiger partial charge in [0.25, 0.3) is 0 Å². The summed E-state index contributed by atoms with van der Waals surface area (Å²) >= 11 is 0. The third-order valence-corrected chi connectivity index (χ3v) is 3.40. The smallest absolute Gasteiger partial charge is 0.408 e. The number of rotatable bonds is 7. The van der Waals surface area contributed by atoms with Gasteiger partial charge in [0, 0.05) is 6.42 Å². The number of hydrogen-bond donors (Lipinski definition) is 1. The number of unbranched alkanes of at least 4 members (excludes halogenated alkanes) is 1. The lowest BCUT2D eigenvalue weighted by molar-refractivity contribution is -0.151. The maximum absolute atomic E-state index is 12.2. The number of amides is 1. The normalized spacial score (nSPS) is 16.2. The van der Waals surface area contributed by atoms with Gasteiger partial charge in [-0.2, -0.15) is 0 Å². The predicted molar refractivity (Wildman–Crippen MR) is 75.0 cm³/mol. The van der Waals surface area contributed by atoms with Gasteiger partial charge in [-0.25, -0.2) is 9.59 Å². The van der Waals surface area contributed by atoms with E-state index in [0.29, 0.717) is 25.9 Å². The SMILES string of the molecule is C#CCCOC(=O)NC1(C(=O)OCCCC)CCCC1. The molecule has 112 valence electrons. The van der Waals surface area contributed by atoms with Crippen molar-refractivity contribution in [2.24, 2.45) is 0 Å². The van der Waals surface area contributed by atoms with E-state index < -0.39 is 11.6 Å². The highest BCUT2D eigenvalue weighted by molar-refractivity contribution is 5.86. The number of esters is 1. The highest BCUT2D eigenvalue weighted by Crippen LogP contribution is 2.31. The van der Waals surface area contributed by atoms with Crippen molar-refractivity contribution in [2.75, 3.05) is 13.2 Å². The van der Waals surface area contributed by atoms with E-state index in [2.05, 4.69) is 11.2 Å². The Morgan fingerprint density at radius 2 is 1.95 bits per heavy atom. The number of carbonyl (C=O) groups is 2. The number of ether oxygens (including phenoxy) is 2. The van der Waals surface area contributed by atoms with Crippen molar-refractivity contribution in [3.05, 3.63) is 0 Å². The van der Waals surface area contributed by atoms with Crippen LogP contribution in [0.2, 0.25) is 0 Å². The molecular formula is C15H23NO4. The second-order valence-electron chi connectivity index (χ2n) is 4.99. The topological polar surface area (TPSA) is 64.6 Å². The van der Waals surface area contributed by atoms with E-state index in [0.717, 1.165) is 25.7 Å². The minimum Gasteiger partial charge on any atom is -0.464 e. The van der Waals surface area contributed by atoms with Crippen LogP contribution in [-0.4, -0.2) is 30.8 Å². The van der Waals surface area contributed by atoms with E-state index in [-0.39, 0.29) is 12.6 Å². The van der Waals surface area contributed by atoms with Gasteiger partial charge >= 0.3 is 12.1 Å². The summed E-state index contributed by atoms with van der Waals surface area (Å²) in [7, 11) is 0. The van der Waals surface area contributed by atoms with Gasteiger partial charge in [-0.3, -0.25) is 0 Å². The minimum atomic E-state index is -0.916. The fourth-order valence-electron chi connectivity index (χ4n) is 2.24. The highest BCUT2D eigenvalue weighted by atomic mass is 16.6. The van der Waals surface area contributed by atoms with Gasteiger partial charge in [0.15, 0.2) is 0 Å². The third kappa shape index (κ3) is 4.76. The van der Waals surface area contributed by atoms with Gasteiger partial charge < -0.3 is 14.8 Å². The minimum absolute atomic E-state index is 0.156. The van der Waals surface area contributed by atoms with Crippen molar-refractivity contribution in [1.29, 1.82) is 0 Å². The Morgan fingerprint density at radius 1 is 1.25 bits per heavy atom. The van der Waals surface area contributed by atoms with Crippen molar-refractivity contribution in [3.8, 4) is 12.3 Å². The molecular weight excluding hydrogens is 258 g/mol. The average Bonchev–Trinajstić information content (AvgIpc) is 2.89. The fourth-order valence-corrected chi connectivity index (χ4v) is 2.24. The van der Waals surface area contributed by atoms with Crippen molar-refractivity contribution < 1.29 is 19.1 Å². The molecule has 5 heteroatoms. The Hall–Kier alpha value is -1.70. The molecule has 0 heterocycles. The summed E-state index contributed by atoms with van der Waals surface area (Å²) < 4.78 is 10.2. The molecule has 1 fully saturated rings. The summed E-state index contributed by atoms with van der Waals surface area (Å²) in [5, 5.41) is 2.67. The molecule has 0 bridgehead atoms. The van der Waals surface area contributed by atoms with Crippen molar-refractivity contribution >= 4 is 12.1 Å². The number of alkyl carbamates (subject to hydrolysis) is 1. The molecule has 1 rings (SSSR count). The first-order chi connectivity index (χ1) is 9.64. The molecule has 5 nitrogen and oxygen atoms in total. The lowest BCUT2D eigenvalue weighted by atomic mass is 9.98. The Labute approximate surface area is 120 Å². The zero-order valence-corrected chi connectivity index (χ0v) is 12.1. The standard InChI is InChI=1S/C15H23NO4/c1-3-5-11-19-13(17)15(9-7-8-10-15)16-14(18)20-12-6-4-2/h2H,3,5-12H2,1H3,(H,16,18). The zero-order valence-electron chi connectivity index (χ0n) is 12.1. The van der Waals surface area contributed by atoms with Crippen LogP contribution in [0.3, 0.4) is 0 Å². The summed E-state index contributed by atoms with van der Waals surface area (Å²) in [5.41, 5.74) is -0.916. The highest BCUT2D eigenvalue weighted by Gasteiger charge is 2.44. The van der Waals surface area contributed by atoms with Crippen molar-refractivity contribution in [1.82, 2.24) is 5.32 Å². The van der Waals surface area contributed by atoms with E-state index in [1.54, 1.807) is 0 Å². The van der Waals surface area contributed by atoms with Crippen LogP contribution in [0.4, 0.5) is 4.79 Å². The van der Waals surface area contributed by atoms with Crippen molar-refractivity contribution in [2.45, 2.75) is 57.4 Å². The van der Waals surface area contributed by atoms with Gasteiger partial charge in [-0.05, 0) is 19.3 Å². The summed E-state index contributed by atoms with van der Waals surface area (Å²) in [6.07, 6.45) is 9.62. The first-order valence-corrected chi connectivity index (χ1v) is 7.20. The van der Waals surface area contributed by atoms with Crippen LogP contribution in [0.1, 0.15) is 51.9 Å². The van der Waals surface area contributed by atoms with Crippen LogP contribution >= 0.6 is 0 Å². The summed E-state index contributed by atoms with van der Waals surface area (Å²) in [6, 6.07) is 0. The molecule has 0 aliphatic heterocycles. The molecule has 1 N–H and O–H groups in total.